The van der Waals surface area contributed by atoms with Gasteiger partial charge in [0.15, 0.2) is 0 Å². The first-order valence-electron chi connectivity index (χ1n) is 6.59. The summed E-state index contributed by atoms with van der Waals surface area (Å²) in [5.74, 6) is 0. The number of aromatic nitrogens is 1. The zero-order valence-electron chi connectivity index (χ0n) is 12.2. The average Bonchev–Trinajstić information content (AvgIpc) is 3.03. The second kappa shape index (κ2) is 6.97. The zero-order chi connectivity index (χ0) is 15.5. The van der Waals surface area contributed by atoms with Gasteiger partial charge in [-0.05, 0) is 18.4 Å². The smallest absolute Gasteiger partial charge is 0.242 e. The van der Waals surface area contributed by atoms with Gasteiger partial charge in [0.2, 0.25) is 10.0 Å². The summed E-state index contributed by atoms with van der Waals surface area (Å²) in [4.78, 5) is 6.42. The number of thiophene rings is 1. The maximum atomic E-state index is 12.4. The summed E-state index contributed by atoms with van der Waals surface area (Å²) in [6.45, 7) is 6.80. The van der Waals surface area contributed by atoms with Crippen LogP contribution in [0.3, 0.4) is 0 Å². The molecule has 0 amide bonds. The van der Waals surface area contributed by atoms with Gasteiger partial charge in [0.05, 0.1) is 11.4 Å². The summed E-state index contributed by atoms with van der Waals surface area (Å²) < 4.78 is 27.4. The van der Waals surface area contributed by atoms with E-state index in [2.05, 4.69) is 15.0 Å². The Bertz CT molecular complexity index is 689. The SMILES string of the molecule is Cc1cnc(CNS(=O)(=O)c2ccsc2CNC(C)C)s1. The van der Waals surface area contributed by atoms with Crippen molar-refractivity contribution in [1.29, 1.82) is 0 Å². The number of thiazole rings is 1. The van der Waals surface area contributed by atoms with Crippen molar-refractivity contribution in [3.05, 3.63) is 32.4 Å². The maximum absolute atomic E-state index is 12.4. The number of sulfonamides is 1. The van der Waals surface area contributed by atoms with Crippen LogP contribution >= 0.6 is 22.7 Å². The van der Waals surface area contributed by atoms with Gasteiger partial charge < -0.3 is 5.32 Å². The predicted molar refractivity (Wildman–Crippen MR) is 87.2 cm³/mol. The molecule has 5 nitrogen and oxygen atoms in total. The van der Waals surface area contributed by atoms with Gasteiger partial charge in [-0.15, -0.1) is 22.7 Å². The molecule has 0 spiro atoms. The first-order chi connectivity index (χ1) is 9.88. The number of nitrogens with zero attached hydrogens (tertiary/aromatic N) is 1. The van der Waals surface area contributed by atoms with E-state index in [0.717, 1.165) is 14.8 Å². The van der Waals surface area contributed by atoms with Crippen LogP contribution in [0.25, 0.3) is 0 Å². The molecule has 21 heavy (non-hydrogen) atoms. The van der Waals surface area contributed by atoms with Gasteiger partial charge in [-0.1, -0.05) is 13.8 Å². The van der Waals surface area contributed by atoms with Crippen LogP contribution in [0.1, 0.15) is 28.6 Å². The van der Waals surface area contributed by atoms with Crippen LogP contribution in [-0.4, -0.2) is 19.4 Å². The minimum Gasteiger partial charge on any atom is -0.310 e. The molecule has 0 bridgehead atoms. The van der Waals surface area contributed by atoms with E-state index >= 15 is 0 Å². The van der Waals surface area contributed by atoms with Gasteiger partial charge >= 0.3 is 0 Å². The lowest BCUT2D eigenvalue weighted by molar-refractivity contribution is 0.571. The van der Waals surface area contributed by atoms with Crippen LogP contribution in [0.15, 0.2) is 22.5 Å². The Hall–Kier alpha value is -0.800. The van der Waals surface area contributed by atoms with E-state index in [4.69, 9.17) is 0 Å². The molecule has 8 heteroatoms. The first kappa shape index (κ1) is 16.6. The van der Waals surface area contributed by atoms with E-state index in [1.807, 2.05) is 20.8 Å². The fourth-order valence-electron chi connectivity index (χ4n) is 1.71. The summed E-state index contributed by atoms with van der Waals surface area (Å²) in [7, 11) is -3.50. The standard InChI is InChI=1S/C13H19N3O2S3/c1-9(2)14-7-11-12(4-5-19-11)21(17,18)16-8-13-15-6-10(3)20-13/h4-6,9,14,16H,7-8H2,1-3H3. The molecule has 2 aromatic rings. The molecular weight excluding hydrogens is 326 g/mol. The van der Waals surface area contributed by atoms with E-state index in [1.54, 1.807) is 17.6 Å². The third-order valence-corrected chi connectivity index (χ3v) is 6.20. The highest BCUT2D eigenvalue weighted by atomic mass is 32.2. The number of nitrogens with one attached hydrogen (secondary N) is 2. The lowest BCUT2D eigenvalue weighted by Gasteiger charge is -2.09. The van der Waals surface area contributed by atoms with E-state index < -0.39 is 10.0 Å². The Morgan fingerprint density at radius 2 is 2.10 bits per heavy atom. The summed E-state index contributed by atoms with van der Waals surface area (Å²) in [6.07, 6.45) is 1.75. The number of hydrogen-bond donors (Lipinski definition) is 2. The van der Waals surface area contributed by atoms with Crippen molar-refractivity contribution in [2.24, 2.45) is 0 Å². The fourth-order valence-corrected chi connectivity index (χ4v) is 4.91. The summed E-state index contributed by atoms with van der Waals surface area (Å²) in [5.41, 5.74) is 0. The van der Waals surface area contributed by atoms with Crippen LogP contribution in [-0.2, 0) is 23.1 Å². The topological polar surface area (TPSA) is 71.1 Å². The van der Waals surface area contributed by atoms with Crippen molar-refractivity contribution in [2.45, 2.75) is 44.8 Å². The van der Waals surface area contributed by atoms with Crippen LogP contribution in [0, 0.1) is 6.92 Å². The molecule has 0 atom stereocenters. The van der Waals surface area contributed by atoms with Gasteiger partial charge in [-0.3, -0.25) is 0 Å². The van der Waals surface area contributed by atoms with Gasteiger partial charge in [0.25, 0.3) is 0 Å². The summed E-state index contributed by atoms with van der Waals surface area (Å²) in [5, 5.41) is 5.82. The van der Waals surface area contributed by atoms with Crippen LogP contribution in [0.5, 0.6) is 0 Å². The predicted octanol–water partition coefficient (Wildman–Crippen LogP) is 2.49. The molecule has 116 valence electrons. The van der Waals surface area contributed by atoms with E-state index in [1.165, 1.54) is 22.7 Å². The zero-order valence-corrected chi connectivity index (χ0v) is 14.7. The second-order valence-electron chi connectivity index (χ2n) is 4.93. The van der Waals surface area contributed by atoms with Crippen LogP contribution in [0.4, 0.5) is 0 Å². The van der Waals surface area contributed by atoms with Gasteiger partial charge in [0, 0.05) is 28.5 Å². The minimum atomic E-state index is -3.50. The largest absolute Gasteiger partial charge is 0.310 e. The molecule has 0 fully saturated rings. The van der Waals surface area contributed by atoms with E-state index in [9.17, 15) is 8.42 Å². The summed E-state index contributed by atoms with van der Waals surface area (Å²) in [6, 6.07) is 1.96. The third-order valence-electron chi connectivity index (χ3n) is 2.75. The molecule has 0 saturated heterocycles. The molecule has 0 aliphatic rings. The molecule has 0 aromatic carbocycles. The molecule has 2 N–H and O–H groups in total. The number of rotatable bonds is 7. The Balaban J connectivity index is 2.07. The second-order valence-corrected chi connectivity index (χ2v) is 8.99. The third kappa shape index (κ3) is 4.58. The molecule has 0 aliphatic carbocycles. The Kier molecular flexibility index (Phi) is 5.50. The van der Waals surface area contributed by atoms with E-state index in [-0.39, 0.29) is 6.54 Å². The lowest BCUT2D eigenvalue weighted by Crippen LogP contribution is -2.26. The highest BCUT2D eigenvalue weighted by molar-refractivity contribution is 7.89. The molecule has 0 unspecified atom stereocenters. The van der Waals surface area contributed by atoms with E-state index in [0.29, 0.717) is 17.5 Å². The van der Waals surface area contributed by atoms with Crippen LogP contribution in [0.2, 0.25) is 0 Å². The maximum Gasteiger partial charge on any atom is 0.242 e. The highest BCUT2D eigenvalue weighted by Gasteiger charge is 2.20. The minimum absolute atomic E-state index is 0.230. The van der Waals surface area contributed by atoms with Crippen molar-refractivity contribution in [3.8, 4) is 0 Å². The molecule has 2 heterocycles. The fraction of sp³-hybridized carbons (Fsp3) is 0.462. The highest BCUT2D eigenvalue weighted by Crippen LogP contribution is 2.22. The summed E-state index contributed by atoms with van der Waals surface area (Å²) >= 11 is 2.95. The Morgan fingerprint density at radius 1 is 1.33 bits per heavy atom. The molecule has 0 aliphatic heterocycles. The first-order valence-corrected chi connectivity index (χ1v) is 9.77. The van der Waals surface area contributed by atoms with Crippen molar-refractivity contribution in [1.82, 2.24) is 15.0 Å². The Labute approximate surface area is 133 Å². The van der Waals surface area contributed by atoms with Gasteiger partial charge in [0.1, 0.15) is 5.01 Å². The molecule has 0 saturated carbocycles. The van der Waals surface area contributed by atoms with Gasteiger partial charge in [-0.2, -0.15) is 0 Å². The van der Waals surface area contributed by atoms with Crippen molar-refractivity contribution in [2.75, 3.05) is 0 Å². The number of aryl methyl sites for hydroxylation is 1. The van der Waals surface area contributed by atoms with Crippen molar-refractivity contribution >= 4 is 32.7 Å². The quantitative estimate of drug-likeness (QED) is 0.809. The lowest BCUT2D eigenvalue weighted by atomic mass is 10.4. The number of hydrogen-bond acceptors (Lipinski definition) is 6. The van der Waals surface area contributed by atoms with Gasteiger partial charge in [-0.25, -0.2) is 18.1 Å². The average molecular weight is 346 g/mol. The van der Waals surface area contributed by atoms with Crippen LogP contribution < -0.4 is 10.0 Å². The normalized spacial score (nSPS) is 12.2. The van der Waals surface area contributed by atoms with Crippen molar-refractivity contribution < 1.29 is 8.42 Å². The Morgan fingerprint density at radius 3 is 2.71 bits per heavy atom. The molecule has 2 aromatic heterocycles. The molecular formula is C13H19N3O2S3. The molecule has 0 radical (unpaired) electrons. The molecule has 2 rings (SSSR count). The monoisotopic (exact) mass is 345 g/mol. The van der Waals surface area contributed by atoms with Crippen molar-refractivity contribution in [3.63, 3.8) is 0 Å².